The number of aliphatic imine (C=N–C) groups is 1. The topological polar surface area (TPSA) is 108 Å². The summed E-state index contributed by atoms with van der Waals surface area (Å²) in [5.74, 6) is 4.67. The fourth-order valence-corrected chi connectivity index (χ4v) is 16.0. The molecule has 2 unspecified atom stereocenters. The number of ether oxygens (including phenoxy) is 2. The number of piperidine rings is 2. The second-order valence-corrected chi connectivity index (χ2v) is 50.6. The molecule has 8 heterocycles. The Morgan fingerprint density at radius 3 is 1.03 bits per heavy atom. The summed E-state index contributed by atoms with van der Waals surface area (Å²) in [6.45, 7) is 94.1. The maximum absolute atomic E-state index is 5.31. The number of rotatable bonds is 0. The van der Waals surface area contributed by atoms with Crippen molar-refractivity contribution in [3.8, 4) is 11.5 Å². The van der Waals surface area contributed by atoms with Crippen LogP contribution in [0.15, 0.2) is 187 Å². The molecule has 5 aliphatic heterocycles. The lowest BCUT2D eigenvalue weighted by atomic mass is 9.72. The van der Waals surface area contributed by atoms with Crippen LogP contribution in [-0.4, -0.2) is 72.3 Å². The fourth-order valence-electron chi connectivity index (χ4n) is 16.0. The minimum absolute atomic E-state index is 0.168. The van der Waals surface area contributed by atoms with E-state index in [1.807, 2.05) is 49.1 Å². The highest BCUT2D eigenvalue weighted by molar-refractivity contribution is 6.00. The van der Waals surface area contributed by atoms with Crippen LogP contribution in [0.3, 0.4) is 0 Å². The molecule has 3 aliphatic carbocycles. The summed E-state index contributed by atoms with van der Waals surface area (Å²) >= 11 is 0. The third kappa shape index (κ3) is 51.0. The van der Waals surface area contributed by atoms with Gasteiger partial charge in [-0.2, -0.15) is 0 Å². The Balaban J connectivity index is 0.000000470. The van der Waals surface area contributed by atoms with Gasteiger partial charge in [0.05, 0.1) is 6.54 Å². The van der Waals surface area contributed by atoms with E-state index in [1.54, 1.807) is 0 Å². The first-order chi connectivity index (χ1) is 58.8. The number of pyridine rings is 2. The van der Waals surface area contributed by atoms with Crippen molar-refractivity contribution in [2.24, 2.45) is 60.7 Å². The van der Waals surface area contributed by atoms with Crippen LogP contribution in [-0.2, 0) is 32.5 Å². The van der Waals surface area contributed by atoms with Gasteiger partial charge in [-0.1, -0.05) is 406 Å². The van der Waals surface area contributed by atoms with Crippen LogP contribution in [0.4, 0.5) is 0 Å². The van der Waals surface area contributed by atoms with Crippen molar-refractivity contribution in [1.29, 1.82) is 0 Å². The minimum Gasteiger partial charge on any atom is -0.454 e. The monoisotopic (exact) mass is 1760 g/mol. The molecular weight excluding hydrogens is 1560 g/mol. The third-order valence-electron chi connectivity index (χ3n) is 25.4. The third-order valence-corrected chi connectivity index (χ3v) is 25.4. The number of hydrogen-bond acceptors (Lipinski definition) is 8. The predicted octanol–water partition coefficient (Wildman–Crippen LogP) is 33.5. The van der Waals surface area contributed by atoms with Crippen LogP contribution in [0, 0.1) is 55.7 Å². The lowest BCUT2D eigenvalue weighted by Crippen LogP contribution is -2.43. The zero-order valence-corrected chi connectivity index (χ0v) is 90.6. The summed E-state index contributed by atoms with van der Waals surface area (Å²) in [5.41, 5.74) is 15.2. The maximum Gasteiger partial charge on any atom is 0.231 e. The standard InChI is InChI=1S/C11H14O2.C10H20.2C10H14.C9H19N.C9H13N.C9H19N.C9H13N.C9H18.C9H14.C8H17N.2C8H13N/c1-11(2,3)8-4-5-9-10(6-8)13-7-12-9;3*1-10(2,3)9-7-5-4-6-8-9;2*1-9(2,3)8-4-6-10-7-5-8;2*1-9(2,3)8-6-4-5-7-10-8;2*1-9(2,3)8-6-4-5-7-8;3*1-8(2,3)7-5-4-6-9-7/h4-6H,7H2,1-3H3;9H,4-8H2,1-3H3;2*4-8H,1-3H3;8,10H,4-7H2,1-3H3;4-7H,1-3H3;8,10H,4-7H2,1-3H3;4-7H,1-3H3;8H,4-7H2,1-3H3;4,6-7H,5H2,1-3H3;7,9H,4-6H2,1-3H3;4-5H,6H2,1-3H3;4-6,9H,1-3H3. The Labute approximate surface area is 792 Å². The van der Waals surface area contributed by atoms with Crippen molar-refractivity contribution in [2.75, 3.05) is 39.5 Å². The van der Waals surface area contributed by atoms with Gasteiger partial charge in [0.1, 0.15) is 0 Å². The van der Waals surface area contributed by atoms with Gasteiger partial charge in [0.2, 0.25) is 6.79 Å². The molecule has 128 heavy (non-hydrogen) atoms. The number of nitrogens with zero attached hydrogens (tertiary/aromatic N) is 3. The molecule has 14 rings (SSSR count). The Kier molecular flexibility index (Phi) is 50.3. The number of H-pyrrole nitrogens is 1. The molecule has 0 spiro atoms. The molecule has 0 bridgehead atoms. The van der Waals surface area contributed by atoms with Gasteiger partial charge in [0.25, 0.3) is 0 Å². The largest absolute Gasteiger partial charge is 0.454 e. The van der Waals surface area contributed by atoms with E-state index in [-0.39, 0.29) is 27.1 Å². The number of allylic oxidation sites excluding steroid dienone is 5. The van der Waals surface area contributed by atoms with Crippen molar-refractivity contribution in [2.45, 2.75) is 424 Å². The summed E-state index contributed by atoms with van der Waals surface area (Å²) in [4.78, 5) is 15.7. The average molecular weight is 1760 g/mol. The Hall–Kier alpha value is -6.39. The smallest absolute Gasteiger partial charge is 0.231 e. The van der Waals surface area contributed by atoms with Gasteiger partial charge in [-0.15, -0.1) is 0 Å². The molecule has 2 atom stereocenters. The zero-order valence-electron chi connectivity index (χ0n) is 90.6. The molecule has 8 aliphatic rings. The lowest BCUT2D eigenvalue weighted by molar-refractivity contribution is 0.174. The van der Waals surface area contributed by atoms with Gasteiger partial charge >= 0.3 is 0 Å². The number of nitrogens with one attached hydrogen (secondary N) is 4. The van der Waals surface area contributed by atoms with E-state index in [9.17, 15) is 0 Å². The van der Waals surface area contributed by atoms with E-state index in [0.717, 1.165) is 60.0 Å². The summed E-state index contributed by atoms with van der Waals surface area (Å²) in [7, 11) is 0. The Morgan fingerprint density at radius 1 is 0.320 bits per heavy atom. The molecule has 9 heteroatoms. The molecule has 5 fully saturated rings. The van der Waals surface area contributed by atoms with Crippen LogP contribution in [0.1, 0.15) is 413 Å². The highest BCUT2D eigenvalue weighted by Gasteiger charge is 2.31. The van der Waals surface area contributed by atoms with E-state index < -0.39 is 0 Å². The van der Waals surface area contributed by atoms with Gasteiger partial charge in [-0.05, 0) is 251 Å². The molecule has 3 aromatic carbocycles. The highest BCUT2D eigenvalue weighted by Crippen LogP contribution is 2.41. The SMILES string of the molecule is CC(C)(C)C1=CCC=C1.CC(C)(C)C1=NCC=C1.CC(C)(C)C1CCCC1.CC(C)(C)C1CCCCC1.CC(C)(C)C1CCCCN1.CC(C)(C)C1CCCN1.CC(C)(C)C1CCNCC1.CC(C)(C)c1ccc2c(c1)OCO2.CC(C)(C)c1ccc[nH]1.CC(C)(C)c1ccccc1.CC(C)(C)c1ccccc1.CC(C)(C)c1ccccn1.CC(C)(C)c1ccncc1. The van der Waals surface area contributed by atoms with E-state index in [2.05, 4.69) is 433 Å². The van der Waals surface area contributed by atoms with Crippen LogP contribution in [0.5, 0.6) is 11.5 Å². The quantitative estimate of drug-likeness (QED) is 0.120. The molecule has 6 aromatic rings. The van der Waals surface area contributed by atoms with Crippen molar-refractivity contribution in [3.05, 3.63) is 216 Å². The van der Waals surface area contributed by atoms with Gasteiger partial charge < -0.3 is 30.4 Å². The first-order valence-electron chi connectivity index (χ1n) is 50.1. The second-order valence-electron chi connectivity index (χ2n) is 50.6. The molecule has 0 amide bonds. The van der Waals surface area contributed by atoms with E-state index in [0.29, 0.717) is 50.1 Å². The first-order valence-corrected chi connectivity index (χ1v) is 50.1. The number of hydrogen-bond donors (Lipinski definition) is 4. The summed E-state index contributed by atoms with van der Waals surface area (Å²) in [5, 5.41) is 10.4. The van der Waals surface area contributed by atoms with E-state index >= 15 is 0 Å². The van der Waals surface area contributed by atoms with Crippen molar-refractivity contribution in [1.82, 2.24) is 30.9 Å². The highest BCUT2D eigenvalue weighted by atomic mass is 16.7. The molecule has 724 valence electrons. The van der Waals surface area contributed by atoms with Crippen molar-refractivity contribution >= 4 is 5.71 Å². The van der Waals surface area contributed by atoms with Gasteiger partial charge in [-0.25, -0.2) is 0 Å². The molecule has 3 saturated heterocycles. The number of aromatic amines is 1. The van der Waals surface area contributed by atoms with Crippen LogP contribution < -0.4 is 25.4 Å². The van der Waals surface area contributed by atoms with Crippen LogP contribution >= 0.6 is 0 Å². The average Bonchev–Trinajstić information content (AvgIpc) is 1.64. The summed E-state index contributed by atoms with van der Waals surface area (Å²) in [6, 6.07) is 43.0. The molecule has 0 radical (unpaired) electrons. The molecule has 9 nitrogen and oxygen atoms in total. The normalized spacial score (nSPS) is 18.0. The Bertz CT molecular complexity index is 3620. The second kappa shape index (κ2) is 54.7. The molecule has 4 N–H and O–H groups in total. The number of fused-ring (bicyclic) bond motifs is 1. The van der Waals surface area contributed by atoms with Crippen molar-refractivity contribution in [3.63, 3.8) is 0 Å². The van der Waals surface area contributed by atoms with Gasteiger partial charge in [0, 0.05) is 70.2 Å². The van der Waals surface area contributed by atoms with Crippen molar-refractivity contribution < 1.29 is 9.47 Å². The number of aromatic nitrogens is 3. The van der Waals surface area contributed by atoms with Gasteiger partial charge in [0.15, 0.2) is 11.5 Å². The fraction of sp³-hybridized carbons (Fsp3) is 0.672. The summed E-state index contributed by atoms with van der Waals surface area (Å²) in [6.07, 6.45) is 42.4. The first kappa shape index (κ1) is 118. The van der Waals surface area contributed by atoms with Crippen LogP contribution in [0.25, 0.3) is 0 Å². The van der Waals surface area contributed by atoms with E-state index in [1.165, 1.54) is 168 Å². The van der Waals surface area contributed by atoms with Crippen LogP contribution in [0.2, 0.25) is 0 Å². The van der Waals surface area contributed by atoms with Gasteiger partial charge in [-0.3, -0.25) is 15.0 Å². The maximum atomic E-state index is 5.31. The molecule has 2 saturated carbocycles. The predicted molar refractivity (Wildman–Crippen MR) is 567 cm³/mol. The summed E-state index contributed by atoms with van der Waals surface area (Å²) < 4.78 is 10.6. The molecule has 3 aromatic heterocycles. The Morgan fingerprint density at radius 2 is 0.750 bits per heavy atom. The lowest BCUT2D eigenvalue weighted by Gasteiger charge is -2.34. The molecular formula is C119H201N7O2. The minimum atomic E-state index is 0.168. The zero-order chi connectivity index (χ0) is 97.3. The van der Waals surface area contributed by atoms with E-state index in [4.69, 9.17) is 9.47 Å². The number of benzene rings is 3.